The summed E-state index contributed by atoms with van der Waals surface area (Å²) in [4.78, 5) is 13.7. The molecule has 1 aromatic heterocycles. The van der Waals surface area contributed by atoms with E-state index in [0.29, 0.717) is 6.04 Å². The molecule has 0 radical (unpaired) electrons. The zero-order chi connectivity index (χ0) is 9.97. The Balaban J connectivity index is 2.09. The summed E-state index contributed by atoms with van der Waals surface area (Å²) in [5, 5.41) is 1.21. The molecule has 0 aliphatic carbocycles. The molecule has 2 heterocycles. The molecule has 14 heavy (non-hydrogen) atoms. The first-order valence-electron chi connectivity index (χ1n) is 4.67. The van der Waals surface area contributed by atoms with E-state index in [0.717, 1.165) is 11.2 Å². The lowest BCUT2D eigenvalue weighted by molar-refractivity contribution is 0.112. The van der Waals surface area contributed by atoms with Crippen molar-refractivity contribution in [3.8, 4) is 0 Å². The summed E-state index contributed by atoms with van der Waals surface area (Å²) >= 11 is 3.59. The Labute approximate surface area is 92.3 Å². The van der Waals surface area contributed by atoms with Crippen molar-refractivity contribution in [2.24, 2.45) is 0 Å². The van der Waals surface area contributed by atoms with Crippen molar-refractivity contribution < 1.29 is 4.79 Å². The van der Waals surface area contributed by atoms with E-state index in [1.165, 1.54) is 22.9 Å². The van der Waals surface area contributed by atoms with Gasteiger partial charge in [-0.3, -0.25) is 4.79 Å². The van der Waals surface area contributed by atoms with E-state index in [1.54, 1.807) is 11.3 Å². The van der Waals surface area contributed by atoms with Crippen molar-refractivity contribution in [1.82, 2.24) is 0 Å². The van der Waals surface area contributed by atoms with Crippen LogP contribution in [0, 0.1) is 0 Å². The maximum absolute atomic E-state index is 10.6. The third kappa shape index (κ3) is 1.96. The second-order valence-corrected chi connectivity index (χ2v) is 5.67. The van der Waals surface area contributed by atoms with Gasteiger partial charge >= 0.3 is 0 Å². The SMILES string of the molecule is CN(c1ccc(C=O)s1)C1CCSC1. The van der Waals surface area contributed by atoms with Crippen molar-refractivity contribution in [2.75, 3.05) is 23.5 Å². The van der Waals surface area contributed by atoms with Crippen LogP contribution < -0.4 is 4.90 Å². The lowest BCUT2D eigenvalue weighted by Gasteiger charge is -2.23. The zero-order valence-corrected chi connectivity index (χ0v) is 9.74. The van der Waals surface area contributed by atoms with Gasteiger partial charge < -0.3 is 4.90 Å². The minimum Gasteiger partial charge on any atom is -0.363 e. The molecule has 1 atom stereocenters. The molecular formula is C10H13NOS2. The van der Waals surface area contributed by atoms with Gasteiger partial charge in [0, 0.05) is 18.8 Å². The predicted octanol–water partition coefficient (Wildman–Crippen LogP) is 2.50. The Morgan fingerprint density at radius 2 is 2.43 bits per heavy atom. The molecule has 0 bridgehead atoms. The van der Waals surface area contributed by atoms with Crippen LogP contribution in [-0.4, -0.2) is 30.9 Å². The Kier molecular flexibility index (Phi) is 3.13. The van der Waals surface area contributed by atoms with Crippen molar-refractivity contribution in [3.05, 3.63) is 17.0 Å². The Morgan fingerprint density at radius 3 is 3.00 bits per heavy atom. The van der Waals surface area contributed by atoms with E-state index in [-0.39, 0.29) is 0 Å². The second-order valence-electron chi connectivity index (χ2n) is 3.42. The highest BCUT2D eigenvalue weighted by Gasteiger charge is 2.21. The van der Waals surface area contributed by atoms with E-state index in [1.807, 2.05) is 23.9 Å². The number of thiophene rings is 1. The molecule has 0 amide bonds. The molecule has 1 unspecified atom stereocenters. The quantitative estimate of drug-likeness (QED) is 0.740. The molecule has 1 fully saturated rings. The molecule has 0 spiro atoms. The molecule has 0 N–H and O–H groups in total. The highest BCUT2D eigenvalue weighted by atomic mass is 32.2. The standard InChI is InChI=1S/C10H13NOS2/c1-11(8-4-5-13-7-8)10-3-2-9(6-12)14-10/h2-3,6,8H,4-5,7H2,1H3. The third-order valence-electron chi connectivity index (χ3n) is 2.53. The van der Waals surface area contributed by atoms with Crippen LogP contribution in [0.4, 0.5) is 5.00 Å². The van der Waals surface area contributed by atoms with Crippen LogP contribution in [0.3, 0.4) is 0 Å². The van der Waals surface area contributed by atoms with Crippen LogP contribution in [0.1, 0.15) is 16.1 Å². The Hall–Kier alpha value is -0.480. The fourth-order valence-electron chi connectivity index (χ4n) is 1.60. The maximum Gasteiger partial charge on any atom is 0.160 e. The van der Waals surface area contributed by atoms with Gasteiger partial charge in [0.25, 0.3) is 0 Å². The van der Waals surface area contributed by atoms with E-state index in [4.69, 9.17) is 0 Å². The molecule has 76 valence electrons. The summed E-state index contributed by atoms with van der Waals surface area (Å²) in [6, 6.07) is 4.58. The number of carbonyl (C=O) groups excluding carboxylic acids is 1. The van der Waals surface area contributed by atoms with Gasteiger partial charge in [0.05, 0.1) is 9.88 Å². The molecule has 2 rings (SSSR count). The average Bonchev–Trinajstić information content (AvgIpc) is 2.88. The van der Waals surface area contributed by atoms with Crippen LogP contribution in [0.5, 0.6) is 0 Å². The van der Waals surface area contributed by atoms with Gasteiger partial charge in [-0.1, -0.05) is 0 Å². The first-order chi connectivity index (χ1) is 6.81. The first kappa shape index (κ1) is 10.1. The van der Waals surface area contributed by atoms with Gasteiger partial charge in [0.15, 0.2) is 6.29 Å². The lowest BCUT2D eigenvalue weighted by Crippen LogP contribution is -2.30. The van der Waals surface area contributed by atoms with Gasteiger partial charge in [-0.15, -0.1) is 11.3 Å². The number of hydrogen-bond donors (Lipinski definition) is 0. The molecule has 0 saturated carbocycles. The van der Waals surface area contributed by atoms with Crippen molar-refractivity contribution in [3.63, 3.8) is 0 Å². The maximum atomic E-state index is 10.6. The summed E-state index contributed by atoms with van der Waals surface area (Å²) in [7, 11) is 2.12. The Bertz CT molecular complexity index is 318. The Morgan fingerprint density at radius 1 is 1.57 bits per heavy atom. The largest absolute Gasteiger partial charge is 0.363 e. The first-order valence-corrected chi connectivity index (χ1v) is 6.64. The van der Waals surface area contributed by atoms with E-state index >= 15 is 0 Å². The van der Waals surface area contributed by atoms with Crippen LogP contribution in [0.2, 0.25) is 0 Å². The van der Waals surface area contributed by atoms with E-state index in [9.17, 15) is 4.79 Å². The smallest absolute Gasteiger partial charge is 0.160 e. The van der Waals surface area contributed by atoms with Gasteiger partial charge in [-0.25, -0.2) is 0 Å². The van der Waals surface area contributed by atoms with Crippen molar-refractivity contribution in [2.45, 2.75) is 12.5 Å². The summed E-state index contributed by atoms with van der Waals surface area (Å²) < 4.78 is 0. The number of thioether (sulfide) groups is 1. The molecule has 1 aliphatic heterocycles. The number of aldehydes is 1. The van der Waals surface area contributed by atoms with Gasteiger partial charge in [0.2, 0.25) is 0 Å². The van der Waals surface area contributed by atoms with Gasteiger partial charge in [0.1, 0.15) is 0 Å². The molecule has 1 saturated heterocycles. The minimum atomic E-state index is 0.651. The summed E-state index contributed by atoms with van der Waals surface area (Å²) in [6.07, 6.45) is 2.18. The van der Waals surface area contributed by atoms with Crippen LogP contribution in [-0.2, 0) is 0 Å². The van der Waals surface area contributed by atoms with Crippen LogP contribution >= 0.6 is 23.1 Å². The number of nitrogens with zero attached hydrogens (tertiary/aromatic N) is 1. The number of anilines is 1. The second kappa shape index (κ2) is 4.36. The van der Waals surface area contributed by atoms with Crippen molar-refractivity contribution >= 4 is 34.4 Å². The third-order valence-corrected chi connectivity index (χ3v) is 4.78. The number of rotatable bonds is 3. The molecular weight excluding hydrogens is 214 g/mol. The highest BCUT2D eigenvalue weighted by molar-refractivity contribution is 7.99. The van der Waals surface area contributed by atoms with Crippen LogP contribution in [0.25, 0.3) is 0 Å². The van der Waals surface area contributed by atoms with Gasteiger partial charge in [-0.2, -0.15) is 11.8 Å². The lowest BCUT2D eigenvalue weighted by atomic mass is 10.2. The summed E-state index contributed by atoms with van der Waals surface area (Å²) in [5.74, 6) is 2.48. The average molecular weight is 227 g/mol. The molecule has 4 heteroatoms. The monoisotopic (exact) mass is 227 g/mol. The topological polar surface area (TPSA) is 20.3 Å². The normalized spacial score (nSPS) is 21.1. The minimum absolute atomic E-state index is 0.651. The van der Waals surface area contributed by atoms with E-state index < -0.39 is 0 Å². The fourth-order valence-corrected chi connectivity index (χ4v) is 3.73. The predicted molar refractivity (Wildman–Crippen MR) is 63.8 cm³/mol. The molecule has 1 aliphatic rings. The highest BCUT2D eigenvalue weighted by Crippen LogP contribution is 2.30. The zero-order valence-electron chi connectivity index (χ0n) is 8.10. The fraction of sp³-hybridized carbons (Fsp3) is 0.500. The molecule has 2 nitrogen and oxygen atoms in total. The van der Waals surface area contributed by atoms with Crippen LogP contribution in [0.15, 0.2) is 12.1 Å². The number of carbonyl (C=O) groups is 1. The summed E-state index contributed by atoms with van der Waals surface area (Å²) in [5.41, 5.74) is 0. The van der Waals surface area contributed by atoms with Crippen molar-refractivity contribution in [1.29, 1.82) is 0 Å². The number of hydrogen-bond acceptors (Lipinski definition) is 4. The molecule has 0 aromatic carbocycles. The molecule has 1 aromatic rings. The summed E-state index contributed by atoms with van der Waals surface area (Å²) in [6.45, 7) is 0. The van der Waals surface area contributed by atoms with E-state index in [2.05, 4.69) is 11.9 Å². The van der Waals surface area contributed by atoms with Gasteiger partial charge in [-0.05, 0) is 24.3 Å².